The molecular formula is C12H18ClNO2S2. The second-order valence-corrected chi connectivity index (χ2v) is 8.86. The highest BCUT2D eigenvalue weighted by molar-refractivity contribution is 7.91. The first kappa shape index (κ1) is 14.3. The lowest BCUT2D eigenvalue weighted by molar-refractivity contribution is 0.397. The van der Waals surface area contributed by atoms with Gasteiger partial charge in [-0.05, 0) is 32.1 Å². The van der Waals surface area contributed by atoms with E-state index in [-0.39, 0.29) is 11.8 Å². The lowest BCUT2D eigenvalue weighted by Gasteiger charge is -2.18. The molecule has 1 aromatic heterocycles. The van der Waals surface area contributed by atoms with Gasteiger partial charge in [0.05, 0.1) is 22.2 Å². The molecule has 0 saturated carbocycles. The quantitative estimate of drug-likeness (QED) is 0.803. The SMILES string of the molecule is Cc1nc(CC(CCl)C2CCS(=O)(=O)C2)sc1C. The van der Waals surface area contributed by atoms with Crippen molar-refractivity contribution in [2.75, 3.05) is 17.4 Å². The zero-order valence-corrected chi connectivity index (χ0v) is 13.0. The molecule has 0 aromatic carbocycles. The molecule has 3 nitrogen and oxygen atoms in total. The molecule has 1 fully saturated rings. The van der Waals surface area contributed by atoms with Crippen LogP contribution < -0.4 is 0 Å². The normalized spacial score (nSPS) is 24.3. The number of hydrogen-bond donors (Lipinski definition) is 0. The molecule has 0 N–H and O–H groups in total. The van der Waals surface area contributed by atoms with E-state index in [0.717, 1.165) is 23.5 Å². The maximum absolute atomic E-state index is 11.5. The van der Waals surface area contributed by atoms with Gasteiger partial charge in [-0.25, -0.2) is 13.4 Å². The Hall–Kier alpha value is -0.130. The molecule has 0 amide bonds. The van der Waals surface area contributed by atoms with Gasteiger partial charge in [-0.2, -0.15) is 0 Å². The van der Waals surface area contributed by atoms with Crippen molar-refractivity contribution in [3.63, 3.8) is 0 Å². The fourth-order valence-corrected chi connectivity index (χ4v) is 5.70. The van der Waals surface area contributed by atoms with Crippen LogP contribution in [0, 0.1) is 25.7 Å². The van der Waals surface area contributed by atoms with Gasteiger partial charge in [-0.15, -0.1) is 22.9 Å². The maximum atomic E-state index is 11.5. The Balaban J connectivity index is 2.06. The van der Waals surface area contributed by atoms with Gasteiger partial charge < -0.3 is 0 Å². The summed E-state index contributed by atoms with van der Waals surface area (Å²) in [5.74, 6) is 1.57. The monoisotopic (exact) mass is 307 g/mol. The first-order chi connectivity index (χ1) is 8.41. The van der Waals surface area contributed by atoms with E-state index in [9.17, 15) is 8.42 Å². The van der Waals surface area contributed by atoms with Crippen LogP contribution in [-0.2, 0) is 16.3 Å². The van der Waals surface area contributed by atoms with Crippen molar-refractivity contribution in [2.24, 2.45) is 11.8 Å². The number of rotatable bonds is 4. The number of sulfone groups is 1. The number of thiazole rings is 1. The molecule has 0 aliphatic carbocycles. The Morgan fingerprint density at radius 3 is 2.67 bits per heavy atom. The Kier molecular flexibility index (Phi) is 4.34. The summed E-state index contributed by atoms with van der Waals surface area (Å²) in [4.78, 5) is 5.75. The molecular weight excluding hydrogens is 290 g/mol. The smallest absolute Gasteiger partial charge is 0.150 e. The van der Waals surface area contributed by atoms with Crippen molar-refractivity contribution < 1.29 is 8.42 Å². The molecule has 0 spiro atoms. The summed E-state index contributed by atoms with van der Waals surface area (Å²) in [6.45, 7) is 4.07. The summed E-state index contributed by atoms with van der Waals surface area (Å²) in [7, 11) is -2.82. The Morgan fingerprint density at radius 2 is 2.22 bits per heavy atom. The first-order valence-electron chi connectivity index (χ1n) is 6.10. The summed E-state index contributed by atoms with van der Waals surface area (Å²) in [6.07, 6.45) is 1.56. The average molecular weight is 308 g/mol. The van der Waals surface area contributed by atoms with Crippen LogP contribution in [0.5, 0.6) is 0 Å². The van der Waals surface area contributed by atoms with Crippen LogP contribution in [0.15, 0.2) is 0 Å². The standard InChI is InChI=1S/C12H18ClNO2S2/c1-8-9(2)17-12(14-8)5-11(6-13)10-3-4-18(15,16)7-10/h10-11H,3-7H2,1-2H3. The average Bonchev–Trinajstić information content (AvgIpc) is 2.79. The minimum Gasteiger partial charge on any atom is -0.246 e. The van der Waals surface area contributed by atoms with Gasteiger partial charge in [0, 0.05) is 17.2 Å². The van der Waals surface area contributed by atoms with Gasteiger partial charge in [0.1, 0.15) is 0 Å². The third kappa shape index (κ3) is 3.25. The number of hydrogen-bond acceptors (Lipinski definition) is 4. The lowest BCUT2D eigenvalue weighted by atomic mass is 9.91. The van der Waals surface area contributed by atoms with Crippen molar-refractivity contribution in [1.82, 2.24) is 4.98 Å². The van der Waals surface area contributed by atoms with Gasteiger partial charge in [-0.3, -0.25) is 0 Å². The predicted octanol–water partition coefficient (Wildman–Crippen LogP) is 2.59. The van der Waals surface area contributed by atoms with Crippen LogP contribution in [0.1, 0.15) is 22.0 Å². The molecule has 2 atom stereocenters. The maximum Gasteiger partial charge on any atom is 0.150 e. The molecule has 6 heteroatoms. The van der Waals surface area contributed by atoms with Crippen LogP contribution >= 0.6 is 22.9 Å². The van der Waals surface area contributed by atoms with E-state index in [0.29, 0.717) is 17.4 Å². The number of halogens is 1. The summed E-state index contributed by atoms with van der Waals surface area (Å²) < 4.78 is 23.0. The highest BCUT2D eigenvalue weighted by Crippen LogP contribution is 2.30. The summed E-state index contributed by atoms with van der Waals surface area (Å²) in [5, 5.41) is 1.08. The third-order valence-electron chi connectivity index (χ3n) is 3.64. The van der Waals surface area contributed by atoms with Crippen molar-refractivity contribution in [1.29, 1.82) is 0 Å². The summed E-state index contributed by atoms with van der Waals surface area (Å²) >= 11 is 7.72. The van der Waals surface area contributed by atoms with E-state index in [2.05, 4.69) is 11.9 Å². The van der Waals surface area contributed by atoms with Crippen LogP contribution in [0.2, 0.25) is 0 Å². The van der Waals surface area contributed by atoms with E-state index >= 15 is 0 Å². The minimum atomic E-state index is -2.82. The van der Waals surface area contributed by atoms with Gasteiger partial charge in [0.2, 0.25) is 0 Å². The largest absolute Gasteiger partial charge is 0.246 e. The fraction of sp³-hybridized carbons (Fsp3) is 0.750. The van der Waals surface area contributed by atoms with Gasteiger partial charge in [-0.1, -0.05) is 0 Å². The lowest BCUT2D eigenvalue weighted by Crippen LogP contribution is -2.20. The Labute approximate surface area is 117 Å². The topological polar surface area (TPSA) is 47.0 Å². The molecule has 102 valence electrons. The van der Waals surface area contributed by atoms with Crippen LogP contribution in [-0.4, -0.2) is 30.8 Å². The van der Waals surface area contributed by atoms with Gasteiger partial charge in [0.25, 0.3) is 0 Å². The molecule has 1 saturated heterocycles. The van der Waals surface area contributed by atoms with E-state index in [4.69, 9.17) is 11.6 Å². The summed E-state index contributed by atoms with van der Waals surface area (Å²) in [5.41, 5.74) is 1.07. The zero-order valence-electron chi connectivity index (χ0n) is 10.6. The van der Waals surface area contributed by atoms with Gasteiger partial charge >= 0.3 is 0 Å². The Bertz CT molecular complexity index is 505. The van der Waals surface area contributed by atoms with Gasteiger partial charge in [0.15, 0.2) is 9.84 Å². The van der Waals surface area contributed by atoms with E-state index in [1.165, 1.54) is 4.88 Å². The number of nitrogens with zero attached hydrogens (tertiary/aromatic N) is 1. The van der Waals surface area contributed by atoms with Crippen LogP contribution in [0.4, 0.5) is 0 Å². The molecule has 18 heavy (non-hydrogen) atoms. The molecule has 2 heterocycles. The second kappa shape index (κ2) is 5.47. The fourth-order valence-electron chi connectivity index (χ4n) is 2.39. The van der Waals surface area contributed by atoms with E-state index in [1.807, 2.05) is 6.92 Å². The van der Waals surface area contributed by atoms with Crippen LogP contribution in [0.25, 0.3) is 0 Å². The van der Waals surface area contributed by atoms with Crippen molar-refractivity contribution in [3.8, 4) is 0 Å². The Morgan fingerprint density at radius 1 is 1.50 bits per heavy atom. The molecule has 1 aliphatic rings. The number of alkyl halides is 1. The molecule has 2 rings (SSSR count). The predicted molar refractivity (Wildman–Crippen MR) is 76.3 cm³/mol. The number of aromatic nitrogens is 1. The third-order valence-corrected chi connectivity index (χ3v) is 6.93. The van der Waals surface area contributed by atoms with E-state index < -0.39 is 9.84 Å². The molecule has 1 aliphatic heterocycles. The highest BCUT2D eigenvalue weighted by atomic mass is 35.5. The molecule has 2 unspecified atom stereocenters. The summed E-state index contributed by atoms with van der Waals surface area (Å²) in [6, 6.07) is 0. The second-order valence-electron chi connectivity index (χ2n) is 5.03. The number of aryl methyl sites for hydroxylation is 2. The molecule has 0 radical (unpaired) electrons. The van der Waals surface area contributed by atoms with Crippen molar-refractivity contribution >= 4 is 32.8 Å². The van der Waals surface area contributed by atoms with Crippen molar-refractivity contribution in [2.45, 2.75) is 26.7 Å². The zero-order chi connectivity index (χ0) is 13.3. The highest BCUT2D eigenvalue weighted by Gasteiger charge is 2.33. The first-order valence-corrected chi connectivity index (χ1v) is 9.28. The van der Waals surface area contributed by atoms with Crippen molar-refractivity contribution in [3.05, 3.63) is 15.6 Å². The van der Waals surface area contributed by atoms with E-state index in [1.54, 1.807) is 11.3 Å². The molecule has 1 aromatic rings. The minimum absolute atomic E-state index is 0.206. The molecule has 0 bridgehead atoms. The van der Waals surface area contributed by atoms with Crippen LogP contribution in [0.3, 0.4) is 0 Å².